The molecule has 2 atom stereocenters. The first-order valence-electron chi connectivity index (χ1n) is 5.87. The van der Waals surface area contributed by atoms with Gasteiger partial charge in [0.15, 0.2) is 0 Å². The average Bonchev–Trinajstić information content (AvgIpc) is 2.97. The number of hydrogen-bond acceptors (Lipinski definition) is 1. The molecule has 1 aliphatic carbocycles. The molecular weight excluding hydrogens is 203 g/mol. The van der Waals surface area contributed by atoms with E-state index in [0.29, 0.717) is 19.3 Å². The predicted octanol–water partition coefficient (Wildman–Crippen LogP) is 3.11. The van der Waals surface area contributed by atoms with Gasteiger partial charge in [0.05, 0.1) is 5.92 Å². The Balaban J connectivity index is 1.86. The Morgan fingerprint density at radius 1 is 1.07 bits per heavy atom. The van der Waals surface area contributed by atoms with E-state index in [9.17, 15) is 13.2 Å². The van der Waals surface area contributed by atoms with Crippen molar-refractivity contribution in [2.24, 2.45) is 11.8 Å². The van der Waals surface area contributed by atoms with Crippen molar-refractivity contribution in [1.29, 1.82) is 0 Å². The molecule has 0 aromatic rings. The van der Waals surface area contributed by atoms with Crippen molar-refractivity contribution in [3.8, 4) is 0 Å². The maximum Gasteiger partial charge on any atom is 0.393 e. The van der Waals surface area contributed by atoms with Crippen LogP contribution in [0.15, 0.2) is 0 Å². The molecule has 2 unspecified atom stereocenters. The summed E-state index contributed by atoms with van der Waals surface area (Å²) in [5.74, 6) is -0.382. The lowest BCUT2D eigenvalue weighted by molar-refractivity contribution is -0.188. The fourth-order valence-electron chi connectivity index (χ4n) is 2.47. The zero-order valence-corrected chi connectivity index (χ0v) is 8.82. The Morgan fingerprint density at radius 2 is 1.80 bits per heavy atom. The van der Waals surface area contributed by atoms with Crippen molar-refractivity contribution < 1.29 is 13.2 Å². The maximum absolute atomic E-state index is 12.7. The normalized spacial score (nSPS) is 33.0. The summed E-state index contributed by atoms with van der Waals surface area (Å²) in [5.41, 5.74) is 0. The van der Waals surface area contributed by atoms with Gasteiger partial charge in [-0.15, -0.1) is 0 Å². The molecule has 0 spiro atoms. The van der Waals surface area contributed by atoms with Crippen molar-refractivity contribution in [2.45, 2.75) is 50.7 Å². The molecule has 1 heterocycles. The SMILES string of the molecule is FC(F)(F)C1CCCNC1CCC1CC1. The highest BCUT2D eigenvalue weighted by Gasteiger charge is 2.45. The zero-order valence-electron chi connectivity index (χ0n) is 8.82. The van der Waals surface area contributed by atoms with Crippen LogP contribution < -0.4 is 5.32 Å². The number of alkyl halides is 3. The molecule has 0 bridgehead atoms. The molecule has 0 aromatic carbocycles. The third-order valence-electron chi connectivity index (χ3n) is 3.59. The Kier molecular flexibility index (Phi) is 3.24. The Morgan fingerprint density at radius 3 is 2.40 bits per heavy atom. The molecule has 4 heteroatoms. The van der Waals surface area contributed by atoms with Gasteiger partial charge in [-0.1, -0.05) is 12.8 Å². The van der Waals surface area contributed by atoms with Gasteiger partial charge in [-0.2, -0.15) is 13.2 Å². The summed E-state index contributed by atoms with van der Waals surface area (Å²) >= 11 is 0. The highest BCUT2D eigenvalue weighted by atomic mass is 19.4. The standard InChI is InChI=1S/C11H18F3N/c12-11(13,14)9-2-1-7-15-10(9)6-5-8-3-4-8/h8-10,15H,1-7H2. The van der Waals surface area contributed by atoms with Crippen LogP contribution in [0.5, 0.6) is 0 Å². The fourth-order valence-corrected chi connectivity index (χ4v) is 2.47. The highest BCUT2D eigenvalue weighted by molar-refractivity contribution is 4.87. The van der Waals surface area contributed by atoms with Crippen LogP contribution in [0.2, 0.25) is 0 Å². The van der Waals surface area contributed by atoms with Crippen LogP contribution in [0.25, 0.3) is 0 Å². The minimum Gasteiger partial charge on any atom is -0.313 e. The summed E-state index contributed by atoms with van der Waals surface area (Å²) in [4.78, 5) is 0. The summed E-state index contributed by atoms with van der Waals surface area (Å²) in [6.45, 7) is 0.752. The maximum atomic E-state index is 12.7. The van der Waals surface area contributed by atoms with E-state index in [1.54, 1.807) is 0 Å². The molecule has 2 fully saturated rings. The van der Waals surface area contributed by atoms with Crippen LogP contribution in [0.3, 0.4) is 0 Å². The molecule has 1 saturated carbocycles. The first-order valence-corrected chi connectivity index (χ1v) is 5.87. The van der Waals surface area contributed by atoms with Crippen LogP contribution in [0.4, 0.5) is 13.2 Å². The van der Waals surface area contributed by atoms with E-state index >= 15 is 0 Å². The molecule has 0 radical (unpaired) electrons. The number of nitrogens with one attached hydrogen (secondary N) is 1. The number of halogens is 3. The smallest absolute Gasteiger partial charge is 0.313 e. The van der Waals surface area contributed by atoms with Gasteiger partial charge in [0, 0.05) is 6.04 Å². The summed E-state index contributed by atoms with van der Waals surface area (Å²) < 4.78 is 38.1. The largest absolute Gasteiger partial charge is 0.393 e. The Bertz CT molecular complexity index is 210. The number of hydrogen-bond donors (Lipinski definition) is 1. The summed E-state index contributed by atoms with van der Waals surface area (Å²) in [7, 11) is 0. The first-order chi connectivity index (χ1) is 7.07. The summed E-state index contributed by atoms with van der Waals surface area (Å²) in [6, 6.07) is -0.320. The minimum atomic E-state index is -4.01. The first kappa shape index (κ1) is 11.2. The van der Waals surface area contributed by atoms with Crippen molar-refractivity contribution in [3.63, 3.8) is 0 Å². The Labute approximate surface area is 88.4 Å². The lowest BCUT2D eigenvalue weighted by Crippen LogP contribution is -2.47. The van der Waals surface area contributed by atoms with Crippen LogP contribution >= 0.6 is 0 Å². The van der Waals surface area contributed by atoms with Crippen molar-refractivity contribution in [1.82, 2.24) is 5.32 Å². The minimum absolute atomic E-state index is 0.311. The van der Waals surface area contributed by atoms with Crippen molar-refractivity contribution >= 4 is 0 Å². The molecule has 1 saturated heterocycles. The molecule has 2 aliphatic rings. The lowest BCUT2D eigenvalue weighted by Gasteiger charge is -2.34. The van der Waals surface area contributed by atoms with Gasteiger partial charge in [0.1, 0.15) is 0 Å². The molecule has 1 N–H and O–H groups in total. The topological polar surface area (TPSA) is 12.0 Å². The molecule has 15 heavy (non-hydrogen) atoms. The quantitative estimate of drug-likeness (QED) is 0.772. The molecular formula is C11H18F3N. The van der Waals surface area contributed by atoms with Gasteiger partial charge in [0.2, 0.25) is 0 Å². The monoisotopic (exact) mass is 221 g/mol. The van der Waals surface area contributed by atoms with E-state index in [-0.39, 0.29) is 6.04 Å². The van der Waals surface area contributed by atoms with E-state index in [4.69, 9.17) is 0 Å². The second kappa shape index (κ2) is 4.32. The molecule has 0 amide bonds. The van der Waals surface area contributed by atoms with E-state index in [0.717, 1.165) is 18.9 Å². The van der Waals surface area contributed by atoms with E-state index in [2.05, 4.69) is 5.32 Å². The molecule has 88 valence electrons. The zero-order chi connectivity index (χ0) is 10.9. The Hall–Kier alpha value is -0.250. The third kappa shape index (κ3) is 3.10. The van der Waals surface area contributed by atoms with Crippen LogP contribution in [0.1, 0.15) is 38.5 Å². The number of piperidine rings is 1. The highest BCUT2D eigenvalue weighted by Crippen LogP contribution is 2.39. The van der Waals surface area contributed by atoms with Crippen LogP contribution in [0, 0.1) is 11.8 Å². The fraction of sp³-hybridized carbons (Fsp3) is 1.00. The van der Waals surface area contributed by atoms with Gasteiger partial charge >= 0.3 is 6.18 Å². The van der Waals surface area contributed by atoms with Gasteiger partial charge in [-0.3, -0.25) is 0 Å². The van der Waals surface area contributed by atoms with Gasteiger partial charge in [-0.05, 0) is 38.1 Å². The second-order valence-electron chi connectivity index (χ2n) is 4.87. The molecule has 0 aromatic heterocycles. The molecule has 2 rings (SSSR count). The van der Waals surface area contributed by atoms with E-state index < -0.39 is 12.1 Å². The lowest BCUT2D eigenvalue weighted by atomic mass is 9.87. The van der Waals surface area contributed by atoms with E-state index in [1.165, 1.54) is 12.8 Å². The average molecular weight is 221 g/mol. The summed E-state index contributed by atoms with van der Waals surface area (Å²) in [6.07, 6.45) is 1.09. The van der Waals surface area contributed by atoms with Gasteiger partial charge in [0.25, 0.3) is 0 Å². The van der Waals surface area contributed by atoms with Gasteiger partial charge < -0.3 is 5.32 Å². The third-order valence-corrected chi connectivity index (χ3v) is 3.59. The van der Waals surface area contributed by atoms with Crippen molar-refractivity contribution in [2.75, 3.05) is 6.54 Å². The summed E-state index contributed by atoms with van der Waals surface area (Å²) in [5, 5.41) is 3.04. The second-order valence-corrected chi connectivity index (χ2v) is 4.87. The van der Waals surface area contributed by atoms with Gasteiger partial charge in [-0.25, -0.2) is 0 Å². The predicted molar refractivity (Wildman–Crippen MR) is 52.5 cm³/mol. The number of rotatable bonds is 3. The molecule has 1 nitrogen and oxygen atoms in total. The van der Waals surface area contributed by atoms with Crippen LogP contribution in [-0.2, 0) is 0 Å². The molecule has 1 aliphatic heterocycles. The van der Waals surface area contributed by atoms with Crippen LogP contribution in [-0.4, -0.2) is 18.8 Å². The van der Waals surface area contributed by atoms with E-state index in [1.807, 2.05) is 0 Å². The van der Waals surface area contributed by atoms with Crippen molar-refractivity contribution in [3.05, 3.63) is 0 Å².